The fraction of sp³-hybridized carbons (Fsp3) is 0.500. The van der Waals surface area contributed by atoms with Gasteiger partial charge in [0.15, 0.2) is 0 Å². The van der Waals surface area contributed by atoms with E-state index in [0.29, 0.717) is 6.54 Å². The van der Waals surface area contributed by atoms with Crippen molar-refractivity contribution >= 4 is 11.8 Å². The maximum atomic E-state index is 11.4. The van der Waals surface area contributed by atoms with Crippen molar-refractivity contribution < 1.29 is 9.90 Å². The zero-order valence-corrected chi connectivity index (χ0v) is 11.7. The second kappa shape index (κ2) is 5.98. The number of hydrogen-bond donors (Lipinski definition) is 1. The first-order valence-corrected chi connectivity index (χ1v) is 6.23. The molecular formula is C14H23N2O2+. The van der Waals surface area contributed by atoms with Gasteiger partial charge in [-0.1, -0.05) is 12.1 Å². The molecule has 1 aromatic carbocycles. The van der Waals surface area contributed by atoms with Crippen LogP contribution < -0.4 is 4.48 Å². The normalized spacial score (nSPS) is 14.5. The van der Waals surface area contributed by atoms with Crippen LogP contribution in [-0.2, 0) is 6.42 Å². The Morgan fingerprint density at radius 2 is 2.06 bits per heavy atom. The summed E-state index contributed by atoms with van der Waals surface area (Å²) in [7, 11) is 5.80. The monoisotopic (exact) mass is 251 g/mol. The molecule has 0 saturated heterocycles. The van der Waals surface area contributed by atoms with Gasteiger partial charge in [-0.25, -0.2) is 0 Å². The quantitative estimate of drug-likeness (QED) is 0.817. The predicted molar refractivity (Wildman–Crippen MR) is 75.0 cm³/mol. The Labute approximate surface area is 109 Å². The maximum Gasteiger partial charge on any atom is 0.518 e. The Bertz CT molecular complexity index is 418. The topological polar surface area (TPSA) is 40.5 Å². The highest BCUT2D eigenvalue weighted by atomic mass is 16.4. The first-order valence-electron chi connectivity index (χ1n) is 6.23. The Hall–Kier alpha value is -1.39. The van der Waals surface area contributed by atoms with E-state index in [-0.39, 0.29) is 4.48 Å². The minimum atomic E-state index is -0.817. The fourth-order valence-corrected chi connectivity index (χ4v) is 1.80. The lowest BCUT2D eigenvalue weighted by Gasteiger charge is -2.26. The Kier molecular flexibility index (Phi) is 4.87. The van der Waals surface area contributed by atoms with Gasteiger partial charge in [0.1, 0.15) is 5.69 Å². The number of amides is 1. The molecule has 4 nitrogen and oxygen atoms in total. The molecule has 4 heteroatoms. The highest BCUT2D eigenvalue weighted by Gasteiger charge is 2.32. The standard InChI is InChI=1S/C14H22N2O2/c1-5-16(4,14(17)18)13-8-6-7-12(11-13)9-10-15(2)3/h6-8,11H,5,9-10H2,1-4H3/p+1. The van der Waals surface area contributed by atoms with Gasteiger partial charge in [-0.3, -0.25) is 0 Å². The molecule has 0 saturated carbocycles. The number of likely N-dealkylation sites (N-methyl/N-ethyl adjacent to an activating group) is 1. The molecule has 0 heterocycles. The molecule has 1 rings (SSSR count). The third kappa shape index (κ3) is 3.31. The van der Waals surface area contributed by atoms with Crippen LogP contribution in [0.4, 0.5) is 10.5 Å². The van der Waals surface area contributed by atoms with E-state index in [1.54, 1.807) is 7.05 Å². The highest BCUT2D eigenvalue weighted by molar-refractivity contribution is 5.80. The summed E-state index contributed by atoms with van der Waals surface area (Å²) >= 11 is 0. The van der Waals surface area contributed by atoms with E-state index in [9.17, 15) is 9.90 Å². The zero-order chi connectivity index (χ0) is 13.8. The molecule has 1 aromatic rings. The Morgan fingerprint density at radius 1 is 1.39 bits per heavy atom. The van der Waals surface area contributed by atoms with Crippen molar-refractivity contribution in [1.82, 2.24) is 9.38 Å². The summed E-state index contributed by atoms with van der Waals surface area (Å²) in [5.74, 6) is 0. The molecule has 0 aliphatic rings. The number of benzene rings is 1. The largest absolute Gasteiger partial charge is 0.518 e. The second-order valence-electron chi connectivity index (χ2n) is 5.01. The molecule has 1 N–H and O–H groups in total. The molecule has 0 aromatic heterocycles. The molecule has 0 aliphatic heterocycles. The molecule has 0 aliphatic carbocycles. The van der Waals surface area contributed by atoms with Crippen molar-refractivity contribution in [3.63, 3.8) is 0 Å². The van der Waals surface area contributed by atoms with Gasteiger partial charge < -0.3 is 10.0 Å². The summed E-state index contributed by atoms with van der Waals surface area (Å²) in [6.45, 7) is 3.39. The molecule has 100 valence electrons. The Morgan fingerprint density at radius 3 is 2.56 bits per heavy atom. The molecule has 1 unspecified atom stereocenters. The van der Waals surface area contributed by atoms with E-state index >= 15 is 0 Å². The van der Waals surface area contributed by atoms with Crippen molar-refractivity contribution in [2.24, 2.45) is 0 Å². The molecule has 0 radical (unpaired) electrons. The van der Waals surface area contributed by atoms with E-state index in [4.69, 9.17) is 0 Å². The van der Waals surface area contributed by atoms with Crippen LogP contribution in [0, 0.1) is 0 Å². The molecular weight excluding hydrogens is 228 g/mol. The number of carbonyl (C=O) groups is 1. The average molecular weight is 251 g/mol. The summed E-state index contributed by atoms with van der Waals surface area (Å²) < 4.78 is -0.0736. The molecule has 0 fully saturated rings. The van der Waals surface area contributed by atoms with Gasteiger partial charge in [-0.15, -0.1) is 0 Å². The number of rotatable bonds is 5. The summed E-state index contributed by atoms with van der Waals surface area (Å²) in [4.78, 5) is 13.5. The number of nitrogens with zero attached hydrogens (tertiary/aromatic N) is 2. The van der Waals surface area contributed by atoms with Gasteiger partial charge in [0, 0.05) is 12.6 Å². The maximum absolute atomic E-state index is 11.4. The van der Waals surface area contributed by atoms with Gasteiger partial charge >= 0.3 is 6.09 Å². The number of carboxylic acid groups (broad SMARTS) is 1. The van der Waals surface area contributed by atoms with E-state index in [2.05, 4.69) is 11.0 Å². The van der Waals surface area contributed by atoms with Gasteiger partial charge in [-0.2, -0.15) is 9.28 Å². The van der Waals surface area contributed by atoms with Crippen molar-refractivity contribution in [2.45, 2.75) is 13.3 Å². The van der Waals surface area contributed by atoms with Gasteiger partial charge in [-0.05, 0) is 39.1 Å². The van der Waals surface area contributed by atoms with Crippen LogP contribution in [0.1, 0.15) is 12.5 Å². The summed E-state index contributed by atoms with van der Waals surface area (Å²) in [6, 6.07) is 7.88. The first kappa shape index (κ1) is 14.7. The van der Waals surface area contributed by atoms with E-state index in [0.717, 1.165) is 18.7 Å². The predicted octanol–water partition coefficient (Wildman–Crippen LogP) is 2.43. The zero-order valence-electron chi connectivity index (χ0n) is 11.7. The fourth-order valence-electron chi connectivity index (χ4n) is 1.80. The molecule has 0 spiro atoms. The molecule has 0 bridgehead atoms. The Balaban J connectivity index is 2.97. The van der Waals surface area contributed by atoms with Crippen LogP contribution in [0.5, 0.6) is 0 Å². The summed E-state index contributed by atoms with van der Waals surface area (Å²) in [5, 5.41) is 9.36. The van der Waals surface area contributed by atoms with Crippen LogP contribution in [0.2, 0.25) is 0 Å². The van der Waals surface area contributed by atoms with Crippen LogP contribution in [-0.4, -0.2) is 50.3 Å². The third-order valence-corrected chi connectivity index (χ3v) is 3.38. The number of quaternary nitrogens is 1. The van der Waals surface area contributed by atoms with Crippen molar-refractivity contribution in [1.29, 1.82) is 0 Å². The lowest BCUT2D eigenvalue weighted by molar-refractivity contribution is 0.158. The van der Waals surface area contributed by atoms with Crippen LogP contribution in [0.25, 0.3) is 0 Å². The minimum absolute atomic E-state index is 0.0736. The van der Waals surface area contributed by atoms with E-state index in [1.807, 2.05) is 39.2 Å². The number of hydrogen-bond acceptors (Lipinski definition) is 2. The SMILES string of the molecule is CC[N+](C)(C(=O)O)c1cccc(CCN(C)C)c1. The van der Waals surface area contributed by atoms with E-state index < -0.39 is 6.09 Å². The van der Waals surface area contributed by atoms with Crippen LogP contribution in [0.3, 0.4) is 0 Å². The summed E-state index contributed by atoms with van der Waals surface area (Å²) in [6.07, 6.45) is 0.117. The second-order valence-corrected chi connectivity index (χ2v) is 5.01. The smallest absolute Gasteiger partial charge is 0.435 e. The van der Waals surface area contributed by atoms with Gasteiger partial charge in [0.25, 0.3) is 0 Å². The van der Waals surface area contributed by atoms with Crippen LogP contribution >= 0.6 is 0 Å². The lowest BCUT2D eigenvalue weighted by Crippen LogP contribution is -2.49. The summed E-state index contributed by atoms with van der Waals surface area (Å²) in [5.41, 5.74) is 2.02. The molecule has 1 amide bonds. The molecule has 1 atom stereocenters. The van der Waals surface area contributed by atoms with E-state index in [1.165, 1.54) is 5.56 Å². The van der Waals surface area contributed by atoms with Crippen molar-refractivity contribution in [3.8, 4) is 0 Å². The molecule has 18 heavy (non-hydrogen) atoms. The van der Waals surface area contributed by atoms with Gasteiger partial charge in [0.2, 0.25) is 0 Å². The average Bonchev–Trinajstić information content (AvgIpc) is 2.35. The highest BCUT2D eigenvalue weighted by Crippen LogP contribution is 2.22. The lowest BCUT2D eigenvalue weighted by atomic mass is 10.1. The minimum Gasteiger partial charge on any atom is -0.435 e. The first-order chi connectivity index (χ1) is 8.40. The van der Waals surface area contributed by atoms with Crippen molar-refractivity contribution in [3.05, 3.63) is 29.8 Å². The third-order valence-electron chi connectivity index (χ3n) is 3.38. The van der Waals surface area contributed by atoms with Crippen LogP contribution in [0.15, 0.2) is 24.3 Å². The van der Waals surface area contributed by atoms with Gasteiger partial charge in [0.05, 0.1) is 13.6 Å². The van der Waals surface area contributed by atoms with Crippen molar-refractivity contribution in [2.75, 3.05) is 34.2 Å².